The summed E-state index contributed by atoms with van der Waals surface area (Å²) >= 11 is 0. The predicted molar refractivity (Wildman–Crippen MR) is 104 cm³/mol. The Hall–Kier alpha value is -1.82. The Labute approximate surface area is 156 Å². The van der Waals surface area contributed by atoms with Crippen molar-refractivity contribution in [2.24, 2.45) is 0 Å². The van der Waals surface area contributed by atoms with Crippen molar-refractivity contribution in [3.63, 3.8) is 0 Å². The first kappa shape index (κ1) is 19.0. The maximum atomic E-state index is 6.19. The van der Waals surface area contributed by atoms with Gasteiger partial charge in [0.2, 0.25) is 0 Å². The fraction of sp³-hybridized carbons (Fsp3) is 0.429. The highest BCUT2D eigenvalue weighted by molar-refractivity contribution is 6.62. The van der Waals surface area contributed by atoms with Crippen molar-refractivity contribution in [1.82, 2.24) is 0 Å². The Morgan fingerprint density at radius 1 is 0.885 bits per heavy atom. The molecule has 1 heterocycles. The SMILES string of the molecule is COc1cccc(COCc2ccccc2B2OC(C)(C)C(C)(C)O2)c1. The molecule has 1 saturated heterocycles. The zero-order valence-corrected chi connectivity index (χ0v) is 16.2. The molecule has 0 spiro atoms. The first-order chi connectivity index (χ1) is 12.3. The van der Waals surface area contributed by atoms with Crippen LogP contribution in [0.4, 0.5) is 0 Å². The second-order valence-electron chi connectivity index (χ2n) is 7.63. The summed E-state index contributed by atoms with van der Waals surface area (Å²) in [5.74, 6) is 0.837. The smallest absolute Gasteiger partial charge is 0.495 e. The van der Waals surface area contributed by atoms with Crippen LogP contribution in [0.15, 0.2) is 48.5 Å². The van der Waals surface area contributed by atoms with Gasteiger partial charge in [0.15, 0.2) is 0 Å². The van der Waals surface area contributed by atoms with Crippen LogP contribution in [0, 0.1) is 0 Å². The standard InChI is InChI=1S/C21H27BO4/c1-20(2)21(3,4)26-22(25-20)19-12-7-6-10-17(19)15-24-14-16-9-8-11-18(13-16)23-5/h6-13H,14-15H2,1-5H3. The van der Waals surface area contributed by atoms with Crippen molar-refractivity contribution in [3.8, 4) is 5.75 Å². The van der Waals surface area contributed by atoms with Crippen molar-refractivity contribution in [2.75, 3.05) is 7.11 Å². The summed E-state index contributed by atoms with van der Waals surface area (Å²) in [5.41, 5.74) is 2.47. The van der Waals surface area contributed by atoms with Crippen molar-refractivity contribution in [3.05, 3.63) is 59.7 Å². The molecule has 138 valence electrons. The van der Waals surface area contributed by atoms with Crippen LogP contribution < -0.4 is 10.2 Å². The van der Waals surface area contributed by atoms with E-state index in [1.54, 1.807) is 7.11 Å². The second-order valence-corrected chi connectivity index (χ2v) is 7.63. The van der Waals surface area contributed by atoms with Gasteiger partial charge in [0.25, 0.3) is 0 Å². The molecule has 0 bridgehead atoms. The van der Waals surface area contributed by atoms with Crippen molar-refractivity contribution in [1.29, 1.82) is 0 Å². The lowest BCUT2D eigenvalue weighted by molar-refractivity contribution is 0.00578. The summed E-state index contributed by atoms with van der Waals surface area (Å²) in [5, 5.41) is 0. The van der Waals surface area contributed by atoms with E-state index in [0.717, 1.165) is 22.3 Å². The van der Waals surface area contributed by atoms with E-state index in [9.17, 15) is 0 Å². The first-order valence-corrected chi connectivity index (χ1v) is 8.96. The van der Waals surface area contributed by atoms with Gasteiger partial charge in [-0.3, -0.25) is 0 Å². The molecule has 2 aromatic carbocycles. The third-order valence-corrected chi connectivity index (χ3v) is 5.22. The summed E-state index contributed by atoms with van der Waals surface area (Å²) in [4.78, 5) is 0. The molecular weight excluding hydrogens is 327 g/mol. The molecule has 26 heavy (non-hydrogen) atoms. The molecule has 0 atom stereocenters. The summed E-state index contributed by atoms with van der Waals surface area (Å²) in [6.07, 6.45) is 0. The molecule has 1 aliphatic rings. The molecule has 2 aromatic rings. The van der Waals surface area contributed by atoms with Gasteiger partial charge in [0.1, 0.15) is 5.75 Å². The molecule has 0 amide bonds. The molecular formula is C21H27BO4. The van der Waals surface area contributed by atoms with Gasteiger partial charge in [-0.1, -0.05) is 36.4 Å². The van der Waals surface area contributed by atoms with Gasteiger partial charge in [0, 0.05) is 0 Å². The largest absolute Gasteiger partial charge is 0.497 e. The Balaban J connectivity index is 1.68. The summed E-state index contributed by atoms with van der Waals surface area (Å²) in [6, 6.07) is 16.0. The van der Waals surface area contributed by atoms with Crippen LogP contribution in [0.5, 0.6) is 5.75 Å². The van der Waals surface area contributed by atoms with Crippen LogP contribution in [0.3, 0.4) is 0 Å². The highest BCUT2D eigenvalue weighted by Gasteiger charge is 2.52. The third kappa shape index (κ3) is 3.95. The van der Waals surface area contributed by atoms with E-state index in [1.165, 1.54) is 0 Å². The van der Waals surface area contributed by atoms with Crippen molar-refractivity contribution >= 4 is 12.6 Å². The number of hydrogen-bond donors (Lipinski definition) is 0. The Kier molecular flexibility index (Phi) is 5.42. The normalized spacial score (nSPS) is 18.1. The van der Waals surface area contributed by atoms with E-state index >= 15 is 0 Å². The molecule has 0 saturated carbocycles. The molecule has 1 aliphatic heterocycles. The van der Waals surface area contributed by atoms with Crippen LogP contribution in [-0.4, -0.2) is 25.4 Å². The molecule has 0 unspecified atom stereocenters. The molecule has 0 aliphatic carbocycles. The lowest BCUT2D eigenvalue weighted by Gasteiger charge is -2.32. The number of benzene rings is 2. The van der Waals surface area contributed by atoms with E-state index in [2.05, 4.69) is 33.8 Å². The van der Waals surface area contributed by atoms with Crippen molar-refractivity contribution in [2.45, 2.75) is 52.1 Å². The van der Waals surface area contributed by atoms with Gasteiger partial charge in [-0.05, 0) is 56.4 Å². The highest BCUT2D eigenvalue weighted by atomic mass is 16.7. The maximum absolute atomic E-state index is 6.19. The minimum Gasteiger partial charge on any atom is -0.497 e. The Morgan fingerprint density at radius 3 is 2.27 bits per heavy atom. The highest BCUT2D eigenvalue weighted by Crippen LogP contribution is 2.36. The molecule has 5 heteroatoms. The minimum atomic E-state index is -0.378. The monoisotopic (exact) mass is 354 g/mol. The van der Waals surface area contributed by atoms with E-state index in [-0.39, 0.29) is 18.3 Å². The van der Waals surface area contributed by atoms with Crippen molar-refractivity contribution < 1.29 is 18.8 Å². The summed E-state index contributed by atoms with van der Waals surface area (Å²) in [7, 11) is 1.29. The molecule has 1 fully saturated rings. The number of methoxy groups -OCH3 is 1. The first-order valence-electron chi connectivity index (χ1n) is 8.96. The van der Waals surface area contributed by atoms with Gasteiger partial charge in [-0.2, -0.15) is 0 Å². The second kappa shape index (κ2) is 7.43. The lowest BCUT2D eigenvalue weighted by atomic mass is 9.76. The predicted octanol–water partition coefficient (Wildman–Crippen LogP) is 3.71. The Morgan fingerprint density at radius 2 is 1.58 bits per heavy atom. The molecule has 0 radical (unpaired) electrons. The van der Waals surface area contributed by atoms with Gasteiger partial charge in [-0.15, -0.1) is 0 Å². The third-order valence-electron chi connectivity index (χ3n) is 5.22. The number of hydrogen-bond acceptors (Lipinski definition) is 4. The average Bonchev–Trinajstić information content (AvgIpc) is 2.83. The van der Waals surface area contributed by atoms with E-state index in [4.69, 9.17) is 18.8 Å². The van der Waals surface area contributed by atoms with Crippen LogP contribution in [0.1, 0.15) is 38.8 Å². The molecule has 0 N–H and O–H groups in total. The van der Waals surface area contributed by atoms with E-state index < -0.39 is 0 Å². The van der Waals surface area contributed by atoms with Gasteiger partial charge in [0.05, 0.1) is 31.5 Å². The van der Waals surface area contributed by atoms with E-state index in [0.29, 0.717) is 13.2 Å². The van der Waals surface area contributed by atoms with Crippen LogP contribution in [0.25, 0.3) is 0 Å². The fourth-order valence-electron chi connectivity index (χ4n) is 2.91. The van der Waals surface area contributed by atoms with Gasteiger partial charge < -0.3 is 18.8 Å². The topological polar surface area (TPSA) is 36.9 Å². The van der Waals surface area contributed by atoms with E-state index in [1.807, 2.05) is 42.5 Å². The zero-order valence-electron chi connectivity index (χ0n) is 16.2. The molecule has 0 aromatic heterocycles. The lowest BCUT2D eigenvalue weighted by Crippen LogP contribution is -2.41. The maximum Gasteiger partial charge on any atom is 0.495 e. The molecule has 4 nitrogen and oxygen atoms in total. The van der Waals surface area contributed by atoms with Gasteiger partial charge >= 0.3 is 7.12 Å². The summed E-state index contributed by atoms with van der Waals surface area (Å²) in [6.45, 7) is 9.28. The van der Waals surface area contributed by atoms with Crippen LogP contribution >= 0.6 is 0 Å². The quantitative estimate of drug-likeness (QED) is 0.741. The summed E-state index contributed by atoms with van der Waals surface area (Å²) < 4.78 is 23.6. The zero-order chi connectivity index (χ0) is 18.8. The fourth-order valence-corrected chi connectivity index (χ4v) is 2.91. The van der Waals surface area contributed by atoms with Crippen LogP contribution in [0.2, 0.25) is 0 Å². The minimum absolute atomic E-state index is 0.355. The van der Waals surface area contributed by atoms with Crippen LogP contribution in [-0.2, 0) is 27.3 Å². The number of ether oxygens (including phenoxy) is 2. The van der Waals surface area contributed by atoms with Gasteiger partial charge in [-0.25, -0.2) is 0 Å². The Bertz CT molecular complexity index is 741. The average molecular weight is 354 g/mol. The number of rotatable bonds is 6. The molecule has 3 rings (SSSR count).